The summed E-state index contributed by atoms with van der Waals surface area (Å²) >= 11 is 0. The van der Waals surface area contributed by atoms with Crippen molar-refractivity contribution in [2.24, 2.45) is 13.0 Å². The summed E-state index contributed by atoms with van der Waals surface area (Å²) in [6, 6.07) is 7.42. The third-order valence-corrected chi connectivity index (χ3v) is 7.83. The zero-order chi connectivity index (χ0) is 24.5. The molecule has 0 radical (unpaired) electrons. The molecular weight excluding hydrogens is 469 g/mol. The van der Waals surface area contributed by atoms with Crippen molar-refractivity contribution in [2.75, 3.05) is 13.1 Å². The number of nitrogens with zero attached hydrogens (tertiary/aromatic N) is 3. The summed E-state index contributed by atoms with van der Waals surface area (Å²) in [6.07, 6.45) is 3.67. The molecule has 34 heavy (non-hydrogen) atoms. The maximum absolute atomic E-state index is 14.1. The van der Waals surface area contributed by atoms with Crippen LogP contribution in [0.3, 0.4) is 0 Å². The lowest BCUT2D eigenvalue weighted by Crippen LogP contribution is -2.44. The van der Waals surface area contributed by atoms with Gasteiger partial charge in [-0.2, -0.15) is 4.31 Å². The molecule has 1 aliphatic heterocycles. The summed E-state index contributed by atoms with van der Waals surface area (Å²) in [4.78, 5) is 16.6. The molecule has 0 spiro atoms. The Kier molecular flexibility index (Phi) is 6.76. The van der Waals surface area contributed by atoms with Crippen molar-refractivity contribution in [2.45, 2.75) is 23.8 Å². The highest BCUT2D eigenvalue weighted by atomic mass is 32.2. The van der Waals surface area contributed by atoms with E-state index in [0.717, 1.165) is 16.4 Å². The summed E-state index contributed by atoms with van der Waals surface area (Å²) in [7, 11) is -2.48. The number of rotatable bonds is 6. The molecule has 2 aromatic carbocycles. The topological polar surface area (TPSA) is 84.3 Å². The molecule has 1 saturated heterocycles. The van der Waals surface area contributed by atoms with Gasteiger partial charge in [-0.25, -0.2) is 26.6 Å². The highest BCUT2D eigenvalue weighted by molar-refractivity contribution is 7.89. The van der Waals surface area contributed by atoms with Crippen molar-refractivity contribution in [1.82, 2.24) is 19.2 Å². The second-order valence-electron chi connectivity index (χ2n) is 8.15. The molecule has 180 valence electrons. The van der Waals surface area contributed by atoms with E-state index in [2.05, 4.69) is 10.3 Å². The lowest BCUT2D eigenvalue weighted by Gasteiger charge is -2.31. The van der Waals surface area contributed by atoms with E-state index in [1.807, 2.05) is 0 Å². The van der Waals surface area contributed by atoms with E-state index in [9.17, 15) is 26.4 Å². The smallest absolute Gasteiger partial charge is 0.246 e. The number of carbonyl (C=O) groups excluding carboxylic acids is 1. The first-order valence-electron chi connectivity index (χ1n) is 10.6. The Bertz CT molecular complexity index is 1300. The van der Waals surface area contributed by atoms with Gasteiger partial charge in [0, 0.05) is 38.4 Å². The van der Waals surface area contributed by atoms with E-state index >= 15 is 0 Å². The zero-order valence-corrected chi connectivity index (χ0v) is 19.1. The number of carbonyl (C=O) groups is 1. The lowest BCUT2D eigenvalue weighted by molar-refractivity contribution is -0.126. The second-order valence-corrected chi connectivity index (χ2v) is 10.1. The third-order valence-electron chi connectivity index (χ3n) is 5.92. The summed E-state index contributed by atoms with van der Waals surface area (Å²) < 4.78 is 69.8. The predicted molar refractivity (Wildman–Crippen MR) is 117 cm³/mol. The summed E-state index contributed by atoms with van der Waals surface area (Å²) in [5.41, 5.74) is 0.518. The van der Waals surface area contributed by atoms with Gasteiger partial charge in [-0.1, -0.05) is 12.1 Å². The van der Waals surface area contributed by atoms with Gasteiger partial charge < -0.3 is 9.88 Å². The van der Waals surface area contributed by atoms with Crippen LogP contribution >= 0.6 is 0 Å². The Balaban J connectivity index is 1.48. The molecule has 7 nitrogen and oxygen atoms in total. The van der Waals surface area contributed by atoms with Gasteiger partial charge in [0.15, 0.2) is 0 Å². The highest BCUT2D eigenvalue weighted by Gasteiger charge is 2.35. The van der Waals surface area contributed by atoms with Crippen molar-refractivity contribution in [3.63, 3.8) is 0 Å². The maximum Gasteiger partial charge on any atom is 0.246 e. The predicted octanol–water partition coefficient (Wildman–Crippen LogP) is 3.14. The van der Waals surface area contributed by atoms with Crippen LogP contribution in [0.5, 0.6) is 0 Å². The van der Waals surface area contributed by atoms with E-state index in [0.29, 0.717) is 17.5 Å². The van der Waals surface area contributed by atoms with Gasteiger partial charge >= 0.3 is 0 Å². The van der Waals surface area contributed by atoms with Crippen molar-refractivity contribution in [3.05, 3.63) is 83.7 Å². The molecule has 1 fully saturated rings. The second kappa shape index (κ2) is 9.59. The Hall–Kier alpha value is -3.18. The highest BCUT2D eigenvalue weighted by Crippen LogP contribution is 2.28. The molecular formula is C23H23F3N4O3S. The lowest BCUT2D eigenvalue weighted by atomic mass is 9.96. The quantitative estimate of drug-likeness (QED) is 0.573. The van der Waals surface area contributed by atoms with Crippen LogP contribution in [-0.4, -0.2) is 41.3 Å². The van der Waals surface area contributed by atoms with Gasteiger partial charge in [0.05, 0.1) is 0 Å². The standard InChI is InChI=1S/C23H23F3N4O3S/c1-29-12-9-27-22(29)21(16-3-2-4-17(24)13-16)28-23(31)15-7-10-30(11-8-15)34(32,33)20-14-18(25)5-6-19(20)26/h2-6,9,12-15,21H,7-8,10-11H2,1H3,(H,28,31). The number of aryl methyl sites for hydroxylation is 1. The average Bonchev–Trinajstić information content (AvgIpc) is 3.24. The van der Waals surface area contributed by atoms with Crippen LogP contribution in [0.2, 0.25) is 0 Å². The largest absolute Gasteiger partial charge is 0.342 e. The minimum absolute atomic E-state index is 0.0244. The van der Waals surface area contributed by atoms with E-state index < -0.39 is 44.3 Å². The summed E-state index contributed by atoms with van der Waals surface area (Å²) in [5, 5.41) is 2.91. The number of sulfonamides is 1. The van der Waals surface area contributed by atoms with Gasteiger partial charge in [-0.15, -0.1) is 0 Å². The number of nitrogens with one attached hydrogen (secondary N) is 1. The summed E-state index contributed by atoms with van der Waals surface area (Å²) in [5.74, 6) is -2.66. The van der Waals surface area contributed by atoms with Crippen LogP contribution < -0.4 is 5.32 Å². The normalized spacial score (nSPS) is 16.4. The molecule has 4 rings (SSSR count). The monoisotopic (exact) mass is 492 g/mol. The number of piperidine rings is 1. The van der Waals surface area contributed by atoms with Crippen molar-refractivity contribution >= 4 is 15.9 Å². The molecule has 1 atom stereocenters. The molecule has 11 heteroatoms. The van der Waals surface area contributed by atoms with E-state index in [-0.39, 0.29) is 31.8 Å². The van der Waals surface area contributed by atoms with E-state index in [4.69, 9.17) is 0 Å². The van der Waals surface area contributed by atoms with Crippen LogP contribution in [0.4, 0.5) is 13.2 Å². The summed E-state index contributed by atoms with van der Waals surface area (Å²) in [6.45, 7) is -0.0488. The molecule has 1 aliphatic rings. The molecule has 0 aliphatic carbocycles. The average molecular weight is 493 g/mol. The fourth-order valence-corrected chi connectivity index (χ4v) is 5.62. The van der Waals surface area contributed by atoms with Gasteiger partial charge in [-0.05, 0) is 48.7 Å². The molecule has 0 saturated carbocycles. The van der Waals surface area contributed by atoms with Gasteiger partial charge in [-0.3, -0.25) is 4.79 Å². The molecule has 1 N–H and O–H groups in total. The Morgan fingerprint density at radius 3 is 2.44 bits per heavy atom. The number of hydrogen-bond donors (Lipinski definition) is 1. The molecule has 2 heterocycles. The first kappa shape index (κ1) is 24.0. The van der Waals surface area contributed by atoms with Gasteiger partial charge in [0.1, 0.15) is 34.2 Å². The Labute approximate surface area is 195 Å². The number of aromatic nitrogens is 2. The molecule has 1 aromatic heterocycles. The van der Waals surface area contributed by atoms with Crippen molar-refractivity contribution in [1.29, 1.82) is 0 Å². The van der Waals surface area contributed by atoms with Gasteiger partial charge in [0.25, 0.3) is 0 Å². The molecule has 0 bridgehead atoms. The third kappa shape index (κ3) is 4.85. The number of benzene rings is 2. The maximum atomic E-state index is 14.1. The Morgan fingerprint density at radius 1 is 1.09 bits per heavy atom. The molecule has 1 unspecified atom stereocenters. The molecule has 3 aromatic rings. The Morgan fingerprint density at radius 2 is 1.79 bits per heavy atom. The minimum atomic E-state index is -4.24. The van der Waals surface area contributed by atoms with E-state index in [1.54, 1.807) is 36.1 Å². The van der Waals surface area contributed by atoms with Crippen molar-refractivity contribution in [3.8, 4) is 0 Å². The minimum Gasteiger partial charge on any atom is -0.342 e. The first-order chi connectivity index (χ1) is 16.2. The van der Waals surface area contributed by atoms with Crippen molar-refractivity contribution < 1.29 is 26.4 Å². The van der Waals surface area contributed by atoms with Crippen LogP contribution in [0.15, 0.2) is 59.8 Å². The van der Waals surface area contributed by atoms with Crippen LogP contribution in [-0.2, 0) is 21.9 Å². The SMILES string of the molecule is Cn1ccnc1C(NC(=O)C1CCN(S(=O)(=O)c2cc(F)ccc2F)CC1)c1cccc(F)c1. The van der Waals surface area contributed by atoms with Crippen LogP contribution in [0, 0.1) is 23.4 Å². The number of imidazole rings is 1. The zero-order valence-electron chi connectivity index (χ0n) is 18.3. The fourth-order valence-electron chi connectivity index (χ4n) is 4.07. The van der Waals surface area contributed by atoms with E-state index in [1.165, 1.54) is 12.1 Å². The number of halogens is 3. The fraction of sp³-hybridized carbons (Fsp3) is 0.304. The molecule has 1 amide bonds. The van der Waals surface area contributed by atoms with Crippen LogP contribution in [0.1, 0.15) is 30.3 Å². The van der Waals surface area contributed by atoms with Gasteiger partial charge in [0.2, 0.25) is 15.9 Å². The number of hydrogen-bond acceptors (Lipinski definition) is 4. The number of amides is 1. The van der Waals surface area contributed by atoms with Crippen LogP contribution in [0.25, 0.3) is 0 Å². The first-order valence-corrected chi connectivity index (χ1v) is 12.1.